The summed E-state index contributed by atoms with van der Waals surface area (Å²) in [5, 5.41) is 3.83. The van der Waals surface area contributed by atoms with Gasteiger partial charge in [0.25, 0.3) is 0 Å². The number of aromatic nitrogens is 2. The average Bonchev–Trinajstić information content (AvgIpc) is 3.47. The fraction of sp³-hybridized carbons (Fsp3) is 0.129. The van der Waals surface area contributed by atoms with E-state index in [1.165, 1.54) is 71.9 Å². The van der Waals surface area contributed by atoms with Gasteiger partial charge < -0.3 is 0 Å². The minimum absolute atomic E-state index is 0.997. The Balaban J connectivity index is 1.44. The molecule has 0 saturated heterocycles. The van der Waals surface area contributed by atoms with Crippen LogP contribution >= 0.6 is 0 Å². The highest BCUT2D eigenvalue weighted by atomic mass is 15.0. The minimum Gasteiger partial charge on any atom is -0.296 e. The van der Waals surface area contributed by atoms with Crippen LogP contribution in [0.5, 0.6) is 0 Å². The molecule has 4 aromatic carbocycles. The Bertz CT molecular complexity index is 1830. The molecule has 2 aromatic heterocycles. The van der Waals surface area contributed by atoms with Crippen molar-refractivity contribution in [3.05, 3.63) is 106 Å². The predicted molar refractivity (Wildman–Crippen MR) is 136 cm³/mol. The maximum atomic E-state index is 4.95. The number of hydrogen-bond acceptors (Lipinski definition) is 1. The zero-order valence-electron chi connectivity index (χ0n) is 18.7. The van der Waals surface area contributed by atoms with Gasteiger partial charge in [-0.25, -0.2) is 4.98 Å². The van der Waals surface area contributed by atoms with Crippen molar-refractivity contribution in [2.45, 2.75) is 26.7 Å². The molecule has 156 valence electrons. The zero-order valence-corrected chi connectivity index (χ0v) is 18.7. The first-order chi connectivity index (χ1) is 16.2. The van der Waals surface area contributed by atoms with Crippen LogP contribution in [-0.4, -0.2) is 9.38 Å². The first-order valence-electron chi connectivity index (χ1n) is 11.7. The van der Waals surface area contributed by atoms with Gasteiger partial charge in [0.1, 0.15) is 5.65 Å². The highest BCUT2D eigenvalue weighted by Gasteiger charge is 2.26. The maximum absolute atomic E-state index is 4.95. The molecule has 0 atom stereocenters. The van der Waals surface area contributed by atoms with Crippen molar-refractivity contribution in [1.82, 2.24) is 9.38 Å². The molecule has 0 radical (unpaired) electrons. The second-order valence-corrected chi connectivity index (χ2v) is 9.69. The number of fused-ring (bicyclic) bond motifs is 12. The van der Waals surface area contributed by atoms with Gasteiger partial charge in [0.2, 0.25) is 0 Å². The smallest absolute Gasteiger partial charge is 0.145 e. The highest BCUT2D eigenvalue weighted by Crippen LogP contribution is 2.46. The molecule has 2 aliphatic carbocycles. The standard InChI is InChI=1S/C31H22N2/c1-17-18(2)33-30-15-22-12-21-13-26-20(11-19-7-3-4-8-23(19)26)14-27(21)28(22)16-29(30)24-9-5-6-10-25(24)31(33)32-17/h3-10,13-16H,11-12H2,1-2H3. The van der Waals surface area contributed by atoms with E-state index in [2.05, 4.69) is 91.0 Å². The van der Waals surface area contributed by atoms with Crippen LogP contribution in [0.15, 0.2) is 72.8 Å². The summed E-state index contributed by atoms with van der Waals surface area (Å²) < 4.78 is 2.37. The molecule has 0 N–H and O–H groups in total. The van der Waals surface area contributed by atoms with E-state index < -0.39 is 0 Å². The van der Waals surface area contributed by atoms with Crippen molar-refractivity contribution < 1.29 is 0 Å². The summed E-state index contributed by atoms with van der Waals surface area (Å²) >= 11 is 0. The Morgan fingerprint density at radius 1 is 0.606 bits per heavy atom. The Kier molecular flexibility index (Phi) is 3.15. The number of imidazole rings is 1. The van der Waals surface area contributed by atoms with E-state index >= 15 is 0 Å². The number of aryl methyl sites for hydroxylation is 2. The van der Waals surface area contributed by atoms with E-state index in [1.54, 1.807) is 0 Å². The van der Waals surface area contributed by atoms with Gasteiger partial charge in [-0.05, 0) is 101 Å². The van der Waals surface area contributed by atoms with Crippen molar-refractivity contribution in [3.63, 3.8) is 0 Å². The van der Waals surface area contributed by atoms with Crippen LogP contribution in [0, 0.1) is 13.8 Å². The van der Waals surface area contributed by atoms with E-state index in [1.807, 2.05) is 0 Å². The summed E-state index contributed by atoms with van der Waals surface area (Å²) in [5.41, 5.74) is 16.1. The lowest BCUT2D eigenvalue weighted by Gasteiger charge is -2.12. The molecule has 2 aliphatic rings. The van der Waals surface area contributed by atoms with Crippen molar-refractivity contribution >= 4 is 27.3 Å². The third-order valence-electron chi connectivity index (χ3n) is 7.95. The summed E-state index contributed by atoms with van der Waals surface area (Å²) in [5.74, 6) is 0. The highest BCUT2D eigenvalue weighted by molar-refractivity contribution is 6.13. The molecule has 0 aliphatic heterocycles. The fourth-order valence-electron chi connectivity index (χ4n) is 6.26. The van der Waals surface area contributed by atoms with E-state index in [0.717, 1.165) is 24.2 Å². The molecule has 2 heteroatoms. The van der Waals surface area contributed by atoms with E-state index in [0.29, 0.717) is 0 Å². The maximum Gasteiger partial charge on any atom is 0.145 e. The minimum atomic E-state index is 0.997. The van der Waals surface area contributed by atoms with Gasteiger partial charge in [-0.2, -0.15) is 0 Å². The molecule has 0 spiro atoms. The third kappa shape index (κ3) is 2.16. The third-order valence-corrected chi connectivity index (χ3v) is 7.95. The number of rotatable bonds is 0. The normalized spacial score (nSPS) is 13.5. The number of benzene rings is 4. The Morgan fingerprint density at radius 2 is 1.24 bits per heavy atom. The van der Waals surface area contributed by atoms with Crippen LogP contribution in [0.3, 0.4) is 0 Å². The molecule has 8 rings (SSSR count). The molecule has 0 saturated carbocycles. The molecule has 6 aromatic rings. The van der Waals surface area contributed by atoms with E-state index in [4.69, 9.17) is 4.98 Å². The Hall–Kier alpha value is -3.91. The SMILES string of the molecule is Cc1nc2c3ccccc3c3cc4c(cc3n2c1C)Cc1cc2c(cc1-4)Cc1ccccc1-2. The van der Waals surface area contributed by atoms with E-state index in [-0.39, 0.29) is 0 Å². The molecular weight excluding hydrogens is 400 g/mol. The van der Waals surface area contributed by atoms with Gasteiger partial charge in [-0.1, -0.05) is 48.5 Å². The number of hydrogen-bond donors (Lipinski definition) is 0. The average molecular weight is 423 g/mol. The summed E-state index contributed by atoms with van der Waals surface area (Å²) in [7, 11) is 0. The van der Waals surface area contributed by atoms with Gasteiger partial charge in [0, 0.05) is 16.5 Å². The molecule has 2 nitrogen and oxygen atoms in total. The van der Waals surface area contributed by atoms with Crippen molar-refractivity contribution in [1.29, 1.82) is 0 Å². The summed E-state index contributed by atoms with van der Waals surface area (Å²) in [4.78, 5) is 4.95. The van der Waals surface area contributed by atoms with Crippen LogP contribution in [0.1, 0.15) is 33.6 Å². The van der Waals surface area contributed by atoms with Gasteiger partial charge in [-0.3, -0.25) is 4.40 Å². The Labute approximate surface area is 192 Å². The molecule has 0 bridgehead atoms. The molecule has 2 heterocycles. The summed E-state index contributed by atoms with van der Waals surface area (Å²) in [6.45, 7) is 4.30. The van der Waals surface area contributed by atoms with Crippen molar-refractivity contribution in [3.8, 4) is 22.3 Å². The molecular formula is C31H22N2. The zero-order chi connectivity index (χ0) is 21.8. The summed E-state index contributed by atoms with van der Waals surface area (Å²) in [6, 6.07) is 27.4. The number of nitrogens with zero attached hydrogens (tertiary/aromatic N) is 2. The van der Waals surface area contributed by atoms with Gasteiger partial charge in [0.15, 0.2) is 0 Å². The first-order valence-corrected chi connectivity index (χ1v) is 11.7. The van der Waals surface area contributed by atoms with Crippen molar-refractivity contribution in [2.75, 3.05) is 0 Å². The monoisotopic (exact) mass is 422 g/mol. The molecule has 0 fully saturated rings. The van der Waals surface area contributed by atoms with Crippen LogP contribution < -0.4 is 0 Å². The lowest BCUT2D eigenvalue weighted by molar-refractivity contribution is 1.14. The quantitative estimate of drug-likeness (QED) is 0.233. The van der Waals surface area contributed by atoms with E-state index in [9.17, 15) is 0 Å². The lowest BCUT2D eigenvalue weighted by Crippen LogP contribution is -1.95. The van der Waals surface area contributed by atoms with Gasteiger partial charge in [-0.15, -0.1) is 0 Å². The van der Waals surface area contributed by atoms with Crippen molar-refractivity contribution in [2.24, 2.45) is 0 Å². The topological polar surface area (TPSA) is 17.3 Å². The van der Waals surface area contributed by atoms with Crippen LogP contribution in [0.25, 0.3) is 49.6 Å². The lowest BCUT2D eigenvalue weighted by atomic mass is 9.96. The van der Waals surface area contributed by atoms with Gasteiger partial charge in [0.05, 0.1) is 11.2 Å². The number of pyridine rings is 1. The Morgan fingerprint density at radius 3 is 2.09 bits per heavy atom. The molecule has 0 amide bonds. The fourth-order valence-corrected chi connectivity index (χ4v) is 6.26. The first kappa shape index (κ1) is 17.6. The second-order valence-electron chi connectivity index (χ2n) is 9.69. The molecule has 33 heavy (non-hydrogen) atoms. The van der Waals surface area contributed by atoms with Crippen LogP contribution in [0.2, 0.25) is 0 Å². The predicted octanol–water partition coefficient (Wildman–Crippen LogP) is 7.40. The van der Waals surface area contributed by atoms with Crippen LogP contribution in [-0.2, 0) is 12.8 Å². The summed E-state index contributed by atoms with van der Waals surface area (Å²) in [6.07, 6.45) is 2.04. The largest absolute Gasteiger partial charge is 0.296 e. The van der Waals surface area contributed by atoms with Crippen LogP contribution in [0.4, 0.5) is 0 Å². The molecule has 0 unspecified atom stereocenters. The van der Waals surface area contributed by atoms with Gasteiger partial charge >= 0.3 is 0 Å². The second kappa shape index (κ2) is 5.90.